The average Bonchev–Trinajstić information content (AvgIpc) is 2.86. The number of aryl methyl sites for hydroxylation is 1. The molecule has 1 aromatic carbocycles. The van der Waals surface area contributed by atoms with Crippen molar-refractivity contribution in [3.8, 4) is 5.75 Å². The van der Waals surface area contributed by atoms with E-state index in [4.69, 9.17) is 4.74 Å². The number of aromatic nitrogens is 2. The second kappa shape index (κ2) is 6.83. The first kappa shape index (κ1) is 17.0. The minimum Gasteiger partial charge on any atom is -0.488 e. The van der Waals surface area contributed by atoms with Crippen LogP contribution >= 0.6 is 0 Å². The number of nitrogens with zero attached hydrogens (tertiary/aromatic N) is 2. The Bertz CT molecular complexity index is 656. The number of ether oxygens (including phenoxy) is 1. The summed E-state index contributed by atoms with van der Waals surface area (Å²) < 4.78 is 7.44. The van der Waals surface area contributed by atoms with Crippen molar-refractivity contribution < 1.29 is 9.53 Å². The highest BCUT2D eigenvalue weighted by atomic mass is 16.5. The summed E-state index contributed by atoms with van der Waals surface area (Å²) in [6.07, 6.45) is 3.50. The molecule has 0 spiro atoms. The standard InChI is InChI=1S/C17H24N4O2/c1-17(2,3)23-14-8-6-13(7-9-14)20-16(22)15(18-4)12-10-19-21(5)11-12/h6-11,15,18H,1-5H3,(H,20,22). The van der Waals surface area contributed by atoms with E-state index in [1.54, 1.807) is 17.9 Å². The lowest BCUT2D eigenvalue weighted by Gasteiger charge is -2.21. The molecular weight excluding hydrogens is 292 g/mol. The molecule has 2 rings (SSSR count). The Hall–Kier alpha value is -2.34. The quantitative estimate of drug-likeness (QED) is 0.889. The van der Waals surface area contributed by atoms with Gasteiger partial charge >= 0.3 is 0 Å². The van der Waals surface area contributed by atoms with Gasteiger partial charge < -0.3 is 15.4 Å². The van der Waals surface area contributed by atoms with Gasteiger partial charge in [-0.25, -0.2) is 0 Å². The summed E-state index contributed by atoms with van der Waals surface area (Å²) in [6, 6.07) is 6.90. The van der Waals surface area contributed by atoms with Crippen molar-refractivity contribution >= 4 is 11.6 Å². The van der Waals surface area contributed by atoms with Crippen LogP contribution < -0.4 is 15.4 Å². The van der Waals surface area contributed by atoms with E-state index in [1.165, 1.54) is 0 Å². The highest BCUT2D eigenvalue weighted by Crippen LogP contribution is 2.21. The molecule has 124 valence electrons. The zero-order chi connectivity index (χ0) is 17.0. The molecule has 0 bridgehead atoms. The van der Waals surface area contributed by atoms with Gasteiger partial charge in [0.2, 0.25) is 5.91 Å². The average molecular weight is 316 g/mol. The van der Waals surface area contributed by atoms with E-state index in [2.05, 4.69) is 15.7 Å². The molecule has 0 saturated carbocycles. The van der Waals surface area contributed by atoms with Crippen LogP contribution in [0, 0.1) is 0 Å². The Morgan fingerprint density at radius 2 is 1.91 bits per heavy atom. The Morgan fingerprint density at radius 1 is 1.26 bits per heavy atom. The SMILES string of the molecule is CNC(C(=O)Nc1ccc(OC(C)(C)C)cc1)c1cnn(C)c1. The van der Waals surface area contributed by atoms with Gasteiger partial charge in [0, 0.05) is 24.5 Å². The van der Waals surface area contributed by atoms with Crippen molar-refractivity contribution in [2.75, 3.05) is 12.4 Å². The molecule has 2 N–H and O–H groups in total. The summed E-state index contributed by atoms with van der Waals surface area (Å²) in [4.78, 5) is 12.4. The van der Waals surface area contributed by atoms with Crippen LogP contribution in [0.3, 0.4) is 0 Å². The van der Waals surface area contributed by atoms with E-state index in [0.29, 0.717) is 0 Å². The van der Waals surface area contributed by atoms with Crippen molar-refractivity contribution in [3.05, 3.63) is 42.2 Å². The number of carbonyl (C=O) groups is 1. The first-order chi connectivity index (χ1) is 10.8. The number of nitrogens with one attached hydrogen (secondary N) is 2. The Labute approximate surface area is 136 Å². The molecule has 0 fully saturated rings. The fraction of sp³-hybridized carbons (Fsp3) is 0.412. The van der Waals surface area contributed by atoms with Gasteiger partial charge in [0.15, 0.2) is 0 Å². The minimum absolute atomic E-state index is 0.134. The molecule has 6 heteroatoms. The zero-order valence-corrected chi connectivity index (χ0v) is 14.3. The molecule has 0 aliphatic carbocycles. The molecule has 1 amide bonds. The molecule has 1 heterocycles. The van der Waals surface area contributed by atoms with Crippen LogP contribution in [0.15, 0.2) is 36.7 Å². The number of anilines is 1. The second-order valence-corrected chi connectivity index (χ2v) is 6.40. The molecule has 0 aliphatic rings. The number of rotatable bonds is 5. The fourth-order valence-corrected chi connectivity index (χ4v) is 2.21. The number of carbonyl (C=O) groups excluding carboxylic acids is 1. The van der Waals surface area contributed by atoms with Crippen LogP contribution in [0.4, 0.5) is 5.69 Å². The largest absolute Gasteiger partial charge is 0.488 e. The van der Waals surface area contributed by atoms with E-state index in [9.17, 15) is 4.79 Å². The lowest BCUT2D eigenvalue weighted by atomic mass is 10.1. The third-order valence-corrected chi connectivity index (χ3v) is 3.15. The van der Waals surface area contributed by atoms with Crippen LogP contribution in [0.1, 0.15) is 32.4 Å². The maximum Gasteiger partial charge on any atom is 0.246 e. The number of hydrogen-bond acceptors (Lipinski definition) is 4. The molecule has 23 heavy (non-hydrogen) atoms. The Morgan fingerprint density at radius 3 is 2.39 bits per heavy atom. The Kier molecular flexibility index (Phi) is 5.05. The number of benzene rings is 1. The summed E-state index contributed by atoms with van der Waals surface area (Å²) in [5.41, 5.74) is 1.29. The highest BCUT2D eigenvalue weighted by Gasteiger charge is 2.20. The van der Waals surface area contributed by atoms with Crippen LogP contribution in [-0.4, -0.2) is 28.3 Å². The van der Waals surface area contributed by atoms with Gasteiger partial charge in [0.1, 0.15) is 17.4 Å². The molecule has 1 aromatic heterocycles. The van der Waals surface area contributed by atoms with Gasteiger partial charge in [-0.1, -0.05) is 0 Å². The summed E-state index contributed by atoms with van der Waals surface area (Å²) in [5.74, 6) is 0.637. The predicted molar refractivity (Wildman–Crippen MR) is 90.5 cm³/mol. The summed E-state index contributed by atoms with van der Waals surface area (Å²) >= 11 is 0. The maximum atomic E-state index is 12.4. The summed E-state index contributed by atoms with van der Waals surface area (Å²) in [6.45, 7) is 5.98. The molecule has 0 aliphatic heterocycles. The number of amides is 1. The predicted octanol–water partition coefficient (Wildman–Crippen LogP) is 2.50. The normalized spacial score (nSPS) is 12.7. The van der Waals surface area contributed by atoms with Crippen LogP contribution in [-0.2, 0) is 11.8 Å². The van der Waals surface area contributed by atoms with Crippen LogP contribution in [0.2, 0.25) is 0 Å². The lowest BCUT2D eigenvalue weighted by Crippen LogP contribution is -2.30. The van der Waals surface area contributed by atoms with Gasteiger partial charge in [-0.05, 0) is 52.1 Å². The van der Waals surface area contributed by atoms with E-state index < -0.39 is 6.04 Å². The van der Waals surface area contributed by atoms with E-state index in [0.717, 1.165) is 17.0 Å². The summed E-state index contributed by atoms with van der Waals surface area (Å²) in [5, 5.41) is 10.0. The van der Waals surface area contributed by atoms with Crippen LogP contribution in [0.25, 0.3) is 0 Å². The Balaban J connectivity index is 2.04. The van der Waals surface area contributed by atoms with Crippen molar-refractivity contribution in [2.24, 2.45) is 7.05 Å². The van der Waals surface area contributed by atoms with Crippen LogP contribution in [0.5, 0.6) is 5.75 Å². The van der Waals surface area contributed by atoms with Crippen molar-refractivity contribution in [1.82, 2.24) is 15.1 Å². The molecular formula is C17H24N4O2. The van der Waals surface area contributed by atoms with Crippen molar-refractivity contribution in [3.63, 3.8) is 0 Å². The maximum absolute atomic E-state index is 12.4. The van der Waals surface area contributed by atoms with E-state index >= 15 is 0 Å². The second-order valence-electron chi connectivity index (χ2n) is 6.40. The summed E-state index contributed by atoms with van der Waals surface area (Å²) in [7, 11) is 3.57. The molecule has 0 saturated heterocycles. The van der Waals surface area contributed by atoms with E-state index in [1.807, 2.05) is 58.3 Å². The third kappa shape index (κ3) is 4.82. The van der Waals surface area contributed by atoms with Crippen molar-refractivity contribution in [1.29, 1.82) is 0 Å². The smallest absolute Gasteiger partial charge is 0.246 e. The fourth-order valence-electron chi connectivity index (χ4n) is 2.21. The highest BCUT2D eigenvalue weighted by molar-refractivity contribution is 5.95. The van der Waals surface area contributed by atoms with Gasteiger partial charge in [-0.3, -0.25) is 9.48 Å². The first-order valence-corrected chi connectivity index (χ1v) is 7.54. The van der Waals surface area contributed by atoms with Gasteiger partial charge in [-0.15, -0.1) is 0 Å². The van der Waals surface area contributed by atoms with Crippen molar-refractivity contribution in [2.45, 2.75) is 32.4 Å². The van der Waals surface area contributed by atoms with Gasteiger partial charge in [-0.2, -0.15) is 5.10 Å². The van der Waals surface area contributed by atoms with Gasteiger partial charge in [0.05, 0.1) is 6.20 Å². The molecule has 6 nitrogen and oxygen atoms in total. The molecule has 2 aromatic rings. The van der Waals surface area contributed by atoms with E-state index in [-0.39, 0.29) is 11.5 Å². The number of hydrogen-bond donors (Lipinski definition) is 2. The topological polar surface area (TPSA) is 68.2 Å². The zero-order valence-electron chi connectivity index (χ0n) is 14.3. The third-order valence-electron chi connectivity index (χ3n) is 3.15. The first-order valence-electron chi connectivity index (χ1n) is 7.54. The number of likely N-dealkylation sites (N-methyl/N-ethyl adjacent to an activating group) is 1. The minimum atomic E-state index is -0.450. The molecule has 1 unspecified atom stereocenters. The monoisotopic (exact) mass is 316 g/mol. The van der Waals surface area contributed by atoms with Gasteiger partial charge in [0.25, 0.3) is 0 Å². The molecule has 1 atom stereocenters. The lowest BCUT2D eigenvalue weighted by molar-refractivity contribution is -0.118. The molecule has 0 radical (unpaired) electrons.